The first-order chi connectivity index (χ1) is 15.6. The van der Waals surface area contributed by atoms with Gasteiger partial charge in [-0.3, -0.25) is 5.32 Å². The monoisotopic (exact) mass is 450 g/mol. The molecule has 0 amide bonds. The minimum Gasteiger partial charge on any atom is -0.467 e. The lowest BCUT2D eigenvalue weighted by molar-refractivity contribution is 0.384. The summed E-state index contributed by atoms with van der Waals surface area (Å²) in [6, 6.07) is 11.6. The summed E-state index contributed by atoms with van der Waals surface area (Å²) in [4.78, 5) is 22.5. The molecule has 4 rings (SSSR count). The maximum atomic E-state index is 5.47. The van der Waals surface area contributed by atoms with E-state index >= 15 is 0 Å². The van der Waals surface area contributed by atoms with E-state index < -0.39 is 0 Å². The fourth-order valence-electron chi connectivity index (χ4n) is 3.46. The number of hydrogen-bond acceptors (Lipinski definition) is 6. The van der Waals surface area contributed by atoms with Gasteiger partial charge in [-0.2, -0.15) is 4.99 Å². The van der Waals surface area contributed by atoms with Gasteiger partial charge in [-0.15, -0.1) is 0 Å². The van der Waals surface area contributed by atoms with Crippen LogP contribution in [-0.4, -0.2) is 57.1 Å². The molecule has 0 spiro atoms. The number of nitrogens with one attached hydrogen (secondary N) is 2. The van der Waals surface area contributed by atoms with Crippen molar-refractivity contribution in [3.05, 3.63) is 66.0 Å². The van der Waals surface area contributed by atoms with Crippen molar-refractivity contribution in [3.63, 3.8) is 0 Å². The number of piperazine rings is 1. The van der Waals surface area contributed by atoms with Crippen molar-refractivity contribution < 1.29 is 4.42 Å². The van der Waals surface area contributed by atoms with Crippen LogP contribution in [0.2, 0.25) is 0 Å². The van der Waals surface area contributed by atoms with E-state index in [0.717, 1.165) is 49.1 Å². The van der Waals surface area contributed by atoms with Crippen molar-refractivity contribution in [1.82, 2.24) is 25.2 Å². The van der Waals surface area contributed by atoms with Crippen LogP contribution in [0.3, 0.4) is 0 Å². The van der Waals surface area contributed by atoms with Gasteiger partial charge in [0.1, 0.15) is 11.6 Å². The number of aromatic nitrogens is 3. The van der Waals surface area contributed by atoms with E-state index in [2.05, 4.69) is 40.4 Å². The maximum absolute atomic E-state index is 5.47. The van der Waals surface area contributed by atoms with Crippen LogP contribution in [-0.2, 0) is 6.54 Å². The van der Waals surface area contributed by atoms with Crippen LogP contribution < -0.4 is 15.5 Å². The van der Waals surface area contributed by atoms with E-state index in [0.29, 0.717) is 23.6 Å². The fourth-order valence-corrected chi connectivity index (χ4v) is 3.62. The largest absolute Gasteiger partial charge is 0.467 e. The van der Waals surface area contributed by atoms with Crippen LogP contribution in [0, 0.1) is 13.8 Å². The summed E-state index contributed by atoms with van der Waals surface area (Å²) < 4.78 is 5.35. The SMILES string of the molecule is Cc1cc(C)nc(N/C(=N/C(=S)NCc2ccco2)N2CCN(c3ccccn3)CC2)n1. The Morgan fingerprint density at radius 3 is 2.53 bits per heavy atom. The molecule has 166 valence electrons. The van der Waals surface area contributed by atoms with Gasteiger partial charge in [-0.05, 0) is 56.4 Å². The van der Waals surface area contributed by atoms with Gasteiger partial charge in [0, 0.05) is 43.8 Å². The molecular weight excluding hydrogens is 424 g/mol. The zero-order chi connectivity index (χ0) is 22.3. The van der Waals surface area contributed by atoms with Crippen LogP contribution in [0.4, 0.5) is 11.8 Å². The number of pyridine rings is 1. The average molecular weight is 451 g/mol. The third-order valence-electron chi connectivity index (χ3n) is 4.96. The molecule has 1 saturated heterocycles. The van der Waals surface area contributed by atoms with Gasteiger partial charge in [-0.1, -0.05) is 6.07 Å². The lowest BCUT2D eigenvalue weighted by Gasteiger charge is -2.36. The summed E-state index contributed by atoms with van der Waals surface area (Å²) >= 11 is 5.47. The third-order valence-corrected chi connectivity index (χ3v) is 5.20. The molecule has 0 unspecified atom stereocenters. The molecule has 1 fully saturated rings. The Morgan fingerprint density at radius 1 is 1.09 bits per heavy atom. The van der Waals surface area contributed by atoms with E-state index in [1.54, 1.807) is 6.26 Å². The number of anilines is 2. The molecular formula is C22H26N8OS. The van der Waals surface area contributed by atoms with Crippen LogP contribution in [0.15, 0.2) is 58.3 Å². The number of thiocarbonyl (C=S) groups is 1. The molecule has 0 saturated carbocycles. The van der Waals surface area contributed by atoms with Crippen LogP contribution in [0.5, 0.6) is 0 Å². The molecule has 3 aromatic rings. The van der Waals surface area contributed by atoms with Crippen LogP contribution in [0.25, 0.3) is 0 Å². The van der Waals surface area contributed by atoms with Gasteiger partial charge in [0.25, 0.3) is 0 Å². The molecule has 10 heteroatoms. The highest BCUT2D eigenvalue weighted by atomic mass is 32.1. The quantitative estimate of drug-likeness (QED) is 0.353. The van der Waals surface area contributed by atoms with Gasteiger partial charge in [0.15, 0.2) is 5.11 Å². The Bertz CT molecular complexity index is 1040. The Balaban J connectivity index is 1.48. The van der Waals surface area contributed by atoms with Crippen molar-refractivity contribution in [1.29, 1.82) is 0 Å². The first-order valence-electron chi connectivity index (χ1n) is 10.5. The lowest BCUT2D eigenvalue weighted by Crippen LogP contribution is -2.51. The minimum atomic E-state index is 0.362. The second kappa shape index (κ2) is 10.2. The molecule has 32 heavy (non-hydrogen) atoms. The normalized spacial score (nSPS) is 14.4. The third kappa shape index (κ3) is 5.79. The smallest absolute Gasteiger partial charge is 0.229 e. The number of aliphatic imine (C=N–C) groups is 1. The predicted octanol–water partition coefficient (Wildman–Crippen LogP) is 2.75. The van der Waals surface area contributed by atoms with Gasteiger partial charge in [0.05, 0.1) is 12.8 Å². The first-order valence-corrected chi connectivity index (χ1v) is 10.9. The van der Waals surface area contributed by atoms with Crippen molar-refractivity contribution in [3.8, 4) is 0 Å². The number of nitrogens with zero attached hydrogens (tertiary/aromatic N) is 6. The molecule has 1 aliphatic rings. The zero-order valence-electron chi connectivity index (χ0n) is 18.2. The standard InChI is InChI=1S/C22H26N8OS/c1-16-14-17(2)26-20(25-16)27-21(28-22(32)24-15-18-6-5-13-31-18)30-11-9-29(10-12-30)19-7-3-4-8-23-19/h3-8,13-14H,9-12,15H2,1-2H3,(H2,24,25,26,27,28,32). The highest BCUT2D eigenvalue weighted by Gasteiger charge is 2.22. The Hall–Kier alpha value is -3.53. The molecule has 1 aliphatic heterocycles. The number of hydrogen-bond donors (Lipinski definition) is 2. The number of aryl methyl sites for hydroxylation is 2. The van der Waals surface area contributed by atoms with E-state index in [-0.39, 0.29) is 0 Å². The number of guanidine groups is 1. The lowest BCUT2D eigenvalue weighted by atomic mass is 10.3. The van der Waals surface area contributed by atoms with Gasteiger partial charge in [-0.25, -0.2) is 15.0 Å². The summed E-state index contributed by atoms with van der Waals surface area (Å²) in [7, 11) is 0. The Morgan fingerprint density at radius 2 is 1.88 bits per heavy atom. The average Bonchev–Trinajstić information content (AvgIpc) is 3.31. The summed E-state index contributed by atoms with van der Waals surface area (Å²) in [6.07, 6.45) is 3.45. The molecule has 3 aromatic heterocycles. The van der Waals surface area contributed by atoms with E-state index in [9.17, 15) is 0 Å². The van der Waals surface area contributed by atoms with Crippen molar-refractivity contribution >= 4 is 35.1 Å². The predicted molar refractivity (Wildman–Crippen MR) is 129 cm³/mol. The molecule has 9 nitrogen and oxygen atoms in total. The van der Waals surface area contributed by atoms with E-state index in [4.69, 9.17) is 16.6 Å². The van der Waals surface area contributed by atoms with Gasteiger partial charge in [0.2, 0.25) is 11.9 Å². The summed E-state index contributed by atoms with van der Waals surface area (Å²) in [5.41, 5.74) is 1.77. The van der Waals surface area contributed by atoms with Crippen molar-refractivity contribution in [2.75, 3.05) is 36.4 Å². The molecule has 0 bridgehead atoms. The zero-order valence-corrected chi connectivity index (χ0v) is 19.0. The van der Waals surface area contributed by atoms with Gasteiger partial charge >= 0.3 is 0 Å². The molecule has 0 aliphatic carbocycles. The summed E-state index contributed by atoms with van der Waals surface area (Å²) in [5.74, 6) is 2.89. The topological polar surface area (TPSA) is 94.7 Å². The minimum absolute atomic E-state index is 0.362. The molecule has 0 radical (unpaired) electrons. The van der Waals surface area contributed by atoms with Crippen LogP contribution in [0.1, 0.15) is 17.1 Å². The molecule has 0 aromatic carbocycles. The molecule has 2 N–H and O–H groups in total. The van der Waals surface area contributed by atoms with Gasteiger partial charge < -0.3 is 19.5 Å². The second-order valence-electron chi connectivity index (χ2n) is 7.43. The molecule has 4 heterocycles. The van der Waals surface area contributed by atoms with Crippen molar-refractivity contribution in [2.45, 2.75) is 20.4 Å². The van der Waals surface area contributed by atoms with E-state index in [1.165, 1.54) is 0 Å². The molecule has 0 atom stereocenters. The maximum Gasteiger partial charge on any atom is 0.229 e. The summed E-state index contributed by atoms with van der Waals surface area (Å²) in [6.45, 7) is 7.50. The number of furan rings is 1. The number of rotatable bonds is 4. The Kier molecular flexibility index (Phi) is 6.90. The van der Waals surface area contributed by atoms with E-state index in [1.807, 2.05) is 56.4 Å². The van der Waals surface area contributed by atoms with Crippen LogP contribution >= 0.6 is 12.2 Å². The highest BCUT2D eigenvalue weighted by molar-refractivity contribution is 7.80. The Labute approximate surface area is 192 Å². The highest BCUT2D eigenvalue weighted by Crippen LogP contribution is 2.14. The summed E-state index contributed by atoms with van der Waals surface area (Å²) in [5, 5.41) is 6.76. The second-order valence-corrected chi connectivity index (χ2v) is 7.82. The fraction of sp³-hybridized carbons (Fsp3) is 0.318. The van der Waals surface area contributed by atoms with Crippen molar-refractivity contribution in [2.24, 2.45) is 4.99 Å². The first kappa shape index (κ1) is 21.7.